The first-order valence-corrected chi connectivity index (χ1v) is 4.55. The maximum atomic E-state index is 10.8. The van der Waals surface area contributed by atoms with Crippen molar-refractivity contribution < 1.29 is 19.5 Å². The summed E-state index contributed by atoms with van der Waals surface area (Å²) in [5, 5.41) is 9.57. The Morgan fingerprint density at radius 2 is 1.69 bits per heavy atom. The molecule has 0 saturated heterocycles. The first-order valence-electron chi connectivity index (χ1n) is 3.50. The van der Waals surface area contributed by atoms with Gasteiger partial charge in [0.05, 0.1) is 11.3 Å². The molecule has 0 aromatic carbocycles. The van der Waals surface area contributed by atoms with Crippen LogP contribution in [0.4, 0.5) is 0 Å². The molecule has 4 nitrogen and oxygen atoms in total. The van der Waals surface area contributed by atoms with E-state index in [1.54, 1.807) is 0 Å². The predicted octanol–water partition coefficient (Wildman–Crippen LogP) is 0.866. The lowest BCUT2D eigenvalue weighted by atomic mass is 10.1. The fraction of sp³-hybridized carbons (Fsp3) is 0.375. The van der Waals surface area contributed by atoms with E-state index in [0.29, 0.717) is 0 Å². The van der Waals surface area contributed by atoms with E-state index in [4.69, 9.17) is 5.11 Å². The Morgan fingerprint density at radius 1 is 1.23 bits per heavy atom. The lowest BCUT2D eigenvalue weighted by Crippen LogP contribution is -2.06. The van der Waals surface area contributed by atoms with Crippen LogP contribution in [0, 0.1) is 0 Å². The molecule has 0 amide bonds. The second-order valence-electron chi connectivity index (χ2n) is 2.35. The van der Waals surface area contributed by atoms with Gasteiger partial charge >= 0.3 is 5.97 Å². The van der Waals surface area contributed by atoms with Gasteiger partial charge in [-0.25, -0.2) is 0 Å². The van der Waals surface area contributed by atoms with Gasteiger partial charge in [0, 0.05) is 0 Å². The minimum Gasteiger partial charge on any atom is -0.481 e. The summed E-state index contributed by atoms with van der Waals surface area (Å²) in [6, 6.07) is 0. The molecule has 13 heavy (non-hydrogen) atoms. The molecule has 0 aromatic rings. The van der Waals surface area contributed by atoms with Crippen LogP contribution in [-0.2, 0) is 14.4 Å². The van der Waals surface area contributed by atoms with Crippen molar-refractivity contribution in [3.8, 4) is 0 Å². The molecule has 0 aromatic heterocycles. The van der Waals surface area contributed by atoms with Crippen LogP contribution >= 0.6 is 11.8 Å². The summed E-state index contributed by atoms with van der Waals surface area (Å²) in [6.07, 6.45) is 0. The molecule has 0 heterocycles. The lowest BCUT2D eigenvalue weighted by molar-refractivity contribution is -0.134. The van der Waals surface area contributed by atoms with Gasteiger partial charge in [-0.15, -0.1) is 11.8 Å². The average molecular weight is 202 g/mol. The van der Waals surface area contributed by atoms with Gasteiger partial charge in [0.1, 0.15) is 0 Å². The Labute approximate surface area is 80.0 Å². The second kappa shape index (κ2) is 5.53. The number of Topliss-reactive ketones (excluding diaryl/α,β-unsaturated/α-hetero) is 2. The molecule has 0 atom stereocenters. The summed E-state index contributed by atoms with van der Waals surface area (Å²) in [5.74, 6) is -1.81. The Bertz CT molecular complexity index is 251. The topological polar surface area (TPSA) is 71.4 Å². The molecule has 0 aliphatic heterocycles. The van der Waals surface area contributed by atoms with E-state index < -0.39 is 5.97 Å². The zero-order valence-electron chi connectivity index (χ0n) is 7.36. The third-order valence-corrected chi connectivity index (χ3v) is 1.98. The predicted molar refractivity (Wildman–Crippen MR) is 49.5 cm³/mol. The van der Waals surface area contributed by atoms with Crippen molar-refractivity contribution in [3.63, 3.8) is 0 Å². The highest BCUT2D eigenvalue weighted by molar-refractivity contribution is 8.02. The van der Waals surface area contributed by atoms with Crippen molar-refractivity contribution in [2.45, 2.75) is 13.8 Å². The second-order valence-corrected chi connectivity index (χ2v) is 3.21. The normalized spacial score (nSPS) is 9.08. The third-order valence-electron chi connectivity index (χ3n) is 1.17. The standard InChI is InChI=1S/C8H10O4S/c1-5(9)7(6(2)10)3-13-4-8(11)12/h3H,4H2,1-2H3,(H,11,12). The molecular weight excluding hydrogens is 192 g/mol. The smallest absolute Gasteiger partial charge is 0.313 e. The van der Waals surface area contributed by atoms with E-state index in [0.717, 1.165) is 11.8 Å². The van der Waals surface area contributed by atoms with Crippen LogP contribution in [-0.4, -0.2) is 28.4 Å². The fourth-order valence-electron chi connectivity index (χ4n) is 0.610. The number of allylic oxidation sites excluding steroid dienone is 1. The van der Waals surface area contributed by atoms with Crippen LogP contribution in [0.1, 0.15) is 13.8 Å². The van der Waals surface area contributed by atoms with Gasteiger partial charge in [-0.1, -0.05) is 0 Å². The number of carboxylic acids is 1. The van der Waals surface area contributed by atoms with Crippen molar-refractivity contribution in [2.24, 2.45) is 0 Å². The van der Waals surface area contributed by atoms with Crippen molar-refractivity contribution >= 4 is 29.3 Å². The molecule has 5 heteroatoms. The highest BCUT2D eigenvalue weighted by atomic mass is 32.2. The number of hydrogen-bond donors (Lipinski definition) is 1. The maximum absolute atomic E-state index is 10.8. The number of hydrogen-bond acceptors (Lipinski definition) is 4. The van der Waals surface area contributed by atoms with Gasteiger partial charge in [0.25, 0.3) is 0 Å². The third kappa shape index (κ3) is 5.19. The Morgan fingerprint density at radius 3 is 2.00 bits per heavy atom. The van der Waals surface area contributed by atoms with Crippen molar-refractivity contribution in [1.29, 1.82) is 0 Å². The summed E-state index contributed by atoms with van der Waals surface area (Å²) in [5.41, 5.74) is 0.0475. The number of carbonyl (C=O) groups is 3. The molecule has 0 radical (unpaired) electrons. The molecule has 1 N–H and O–H groups in total. The van der Waals surface area contributed by atoms with Gasteiger partial charge in [0.2, 0.25) is 0 Å². The largest absolute Gasteiger partial charge is 0.481 e. The molecule has 0 bridgehead atoms. The molecule has 0 rings (SSSR count). The van der Waals surface area contributed by atoms with Gasteiger partial charge in [-0.2, -0.15) is 0 Å². The fourth-order valence-corrected chi connectivity index (χ4v) is 1.33. The summed E-state index contributed by atoms with van der Waals surface area (Å²) in [7, 11) is 0. The van der Waals surface area contributed by atoms with Crippen molar-refractivity contribution in [3.05, 3.63) is 11.0 Å². The number of aliphatic carboxylic acids is 1. The molecule has 0 aliphatic carbocycles. The Balaban J connectivity index is 4.30. The van der Waals surface area contributed by atoms with Crippen LogP contribution < -0.4 is 0 Å². The number of rotatable bonds is 5. The molecule has 0 saturated carbocycles. The van der Waals surface area contributed by atoms with E-state index in [2.05, 4.69) is 0 Å². The molecular formula is C8H10O4S. The SMILES string of the molecule is CC(=O)C(=CSCC(=O)O)C(C)=O. The van der Waals surface area contributed by atoms with Gasteiger partial charge < -0.3 is 5.11 Å². The highest BCUT2D eigenvalue weighted by Crippen LogP contribution is 2.08. The van der Waals surface area contributed by atoms with E-state index in [1.165, 1.54) is 19.3 Å². The van der Waals surface area contributed by atoms with Crippen molar-refractivity contribution in [1.82, 2.24) is 0 Å². The first kappa shape index (κ1) is 11.9. The Kier molecular flexibility index (Phi) is 5.06. The van der Waals surface area contributed by atoms with Crippen LogP contribution in [0.25, 0.3) is 0 Å². The minimum absolute atomic E-state index is 0.0475. The van der Waals surface area contributed by atoms with E-state index in [9.17, 15) is 14.4 Å². The van der Waals surface area contributed by atoms with E-state index in [-0.39, 0.29) is 22.9 Å². The Hall–Kier alpha value is -1.10. The van der Waals surface area contributed by atoms with Gasteiger partial charge in [-0.05, 0) is 19.3 Å². The first-order chi connectivity index (χ1) is 5.95. The van der Waals surface area contributed by atoms with Crippen molar-refractivity contribution in [2.75, 3.05) is 5.75 Å². The van der Waals surface area contributed by atoms with E-state index >= 15 is 0 Å². The number of ketones is 2. The number of thioether (sulfide) groups is 1. The average Bonchev–Trinajstić information content (AvgIpc) is 1.95. The van der Waals surface area contributed by atoms with Gasteiger partial charge in [0.15, 0.2) is 11.6 Å². The summed E-state index contributed by atoms with van der Waals surface area (Å²) < 4.78 is 0. The quantitative estimate of drug-likeness (QED) is 0.407. The maximum Gasteiger partial charge on any atom is 0.313 e. The van der Waals surface area contributed by atoms with E-state index in [1.807, 2.05) is 0 Å². The molecule has 0 spiro atoms. The zero-order chi connectivity index (χ0) is 10.4. The molecule has 0 fully saturated rings. The lowest BCUT2D eigenvalue weighted by Gasteiger charge is -1.96. The molecule has 0 aliphatic rings. The molecule has 72 valence electrons. The number of carboxylic acid groups (broad SMARTS) is 1. The molecule has 0 unspecified atom stereocenters. The zero-order valence-corrected chi connectivity index (χ0v) is 8.18. The van der Waals surface area contributed by atoms with Crippen LogP contribution in [0.2, 0.25) is 0 Å². The highest BCUT2D eigenvalue weighted by Gasteiger charge is 2.08. The summed E-state index contributed by atoms with van der Waals surface area (Å²) in [4.78, 5) is 31.7. The monoisotopic (exact) mass is 202 g/mol. The van der Waals surface area contributed by atoms with Crippen LogP contribution in [0.15, 0.2) is 11.0 Å². The number of carbonyl (C=O) groups excluding carboxylic acids is 2. The summed E-state index contributed by atoms with van der Waals surface area (Å²) in [6.45, 7) is 2.54. The van der Waals surface area contributed by atoms with Crippen LogP contribution in [0.3, 0.4) is 0 Å². The van der Waals surface area contributed by atoms with Crippen LogP contribution in [0.5, 0.6) is 0 Å². The summed E-state index contributed by atoms with van der Waals surface area (Å²) >= 11 is 0.923. The minimum atomic E-state index is -0.979. The van der Waals surface area contributed by atoms with Gasteiger partial charge in [-0.3, -0.25) is 14.4 Å².